The first-order valence-electron chi connectivity index (χ1n) is 7.21. The molecule has 5 heteroatoms. The van der Waals surface area contributed by atoms with E-state index in [4.69, 9.17) is 14.2 Å². The molecule has 1 N–H and O–H groups in total. The molecule has 5 nitrogen and oxygen atoms in total. The van der Waals surface area contributed by atoms with Gasteiger partial charge >= 0.3 is 0 Å². The smallest absolute Gasteiger partial charge is 0.189 e. The SMILES string of the molecule is C=CC(/C=C/C(=O)c1ccc(OC)cc1O)=C\C=C(/COC)OC. The third kappa shape index (κ3) is 5.78. The first-order chi connectivity index (χ1) is 11.5. The van der Waals surface area contributed by atoms with Crippen molar-refractivity contribution in [2.75, 3.05) is 27.9 Å². The largest absolute Gasteiger partial charge is 0.507 e. The number of ketones is 1. The number of methoxy groups -OCH3 is 3. The van der Waals surface area contributed by atoms with Gasteiger partial charge < -0.3 is 19.3 Å². The van der Waals surface area contributed by atoms with Crippen molar-refractivity contribution in [2.45, 2.75) is 0 Å². The Morgan fingerprint density at radius 2 is 1.96 bits per heavy atom. The Morgan fingerprint density at radius 3 is 2.50 bits per heavy atom. The molecule has 0 atom stereocenters. The van der Waals surface area contributed by atoms with Crippen molar-refractivity contribution in [2.24, 2.45) is 0 Å². The number of benzene rings is 1. The Bertz CT molecular complexity index is 668. The summed E-state index contributed by atoms with van der Waals surface area (Å²) < 4.78 is 15.1. The average Bonchev–Trinajstić information content (AvgIpc) is 2.60. The summed E-state index contributed by atoms with van der Waals surface area (Å²) in [6.45, 7) is 4.05. The summed E-state index contributed by atoms with van der Waals surface area (Å²) in [5, 5.41) is 9.87. The molecule has 0 aliphatic carbocycles. The van der Waals surface area contributed by atoms with Crippen molar-refractivity contribution < 1.29 is 24.1 Å². The highest BCUT2D eigenvalue weighted by Crippen LogP contribution is 2.24. The molecule has 0 aromatic heterocycles. The van der Waals surface area contributed by atoms with Crippen LogP contribution in [0.15, 0.2) is 66.5 Å². The molecular weight excluding hydrogens is 308 g/mol. The van der Waals surface area contributed by atoms with Crippen LogP contribution in [0.2, 0.25) is 0 Å². The number of ether oxygens (including phenoxy) is 3. The Morgan fingerprint density at radius 1 is 1.21 bits per heavy atom. The van der Waals surface area contributed by atoms with Gasteiger partial charge in [-0.2, -0.15) is 0 Å². The summed E-state index contributed by atoms with van der Waals surface area (Å²) >= 11 is 0. The van der Waals surface area contributed by atoms with Crippen LogP contribution >= 0.6 is 0 Å². The van der Waals surface area contributed by atoms with Crippen LogP contribution in [0.4, 0.5) is 0 Å². The van der Waals surface area contributed by atoms with Gasteiger partial charge in [0.1, 0.15) is 23.9 Å². The standard InChI is InChI=1S/C19H22O5/c1-5-14(6-8-16(24-4)13-22-2)7-11-18(20)17-10-9-15(23-3)12-19(17)21/h5-12,21H,1,13H2,2-4H3/b11-7+,14-6+,16-8+. The Balaban J connectivity index is 2.92. The highest BCUT2D eigenvalue weighted by molar-refractivity contribution is 6.06. The van der Waals surface area contributed by atoms with Crippen molar-refractivity contribution in [3.05, 3.63) is 72.1 Å². The second-order valence-electron chi connectivity index (χ2n) is 4.72. The average molecular weight is 330 g/mol. The van der Waals surface area contributed by atoms with E-state index in [0.29, 0.717) is 23.7 Å². The predicted octanol–water partition coefficient (Wildman–Crippen LogP) is 3.43. The number of hydrogen-bond donors (Lipinski definition) is 1. The summed E-state index contributed by atoms with van der Waals surface area (Å²) in [5.41, 5.74) is 0.907. The second kappa shape index (κ2) is 10.1. The molecule has 1 aromatic rings. The molecule has 0 radical (unpaired) electrons. The van der Waals surface area contributed by atoms with Gasteiger partial charge in [-0.3, -0.25) is 4.79 Å². The van der Waals surface area contributed by atoms with Gasteiger partial charge in [0.2, 0.25) is 0 Å². The topological polar surface area (TPSA) is 65.0 Å². The third-order valence-electron chi connectivity index (χ3n) is 3.14. The number of carbonyl (C=O) groups excluding carboxylic acids is 1. The minimum atomic E-state index is -0.323. The summed E-state index contributed by atoms with van der Waals surface area (Å²) in [5.74, 6) is 0.671. The monoisotopic (exact) mass is 330 g/mol. The van der Waals surface area contributed by atoms with E-state index < -0.39 is 0 Å². The number of rotatable bonds is 9. The molecule has 0 heterocycles. The molecule has 1 rings (SSSR count). The van der Waals surface area contributed by atoms with Gasteiger partial charge in [-0.15, -0.1) is 0 Å². The molecule has 0 saturated carbocycles. The van der Waals surface area contributed by atoms with E-state index in [1.54, 1.807) is 44.6 Å². The van der Waals surface area contributed by atoms with Crippen molar-refractivity contribution >= 4 is 5.78 Å². The molecule has 0 amide bonds. The van der Waals surface area contributed by atoms with Gasteiger partial charge in [-0.1, -0.05) is 24.8 Å². The number of aromatic hydroxyl groups is 1. The molecule has 1 aromatic carbocycles. The highest BCUT2D eigenvalue weighted by Gasteiger charge is 2.09. The fourth-order valence-electron chi connectivity index (χ4n) is 1.81. The summed E-state index contributed by atoms with van der Waals surface area (Å²) in [6, 6.07) is 4.52. The Kier molecular flexibility index (Phi) is 8.08. The molecule has 0 saturated heterocycles. The number of carbonyl (C=O) groups is 1. The normalized spacial score (nSPS) is 12.3. The van der Waals surface area contributed by atoms with E-state index in [9.17, 15) is 9.90 Å². The molecule has 0 spiro atoms. The molecule has 128 valence electrons. The van der Waals surface area contributed by atoms with Crippen LogP contribution in [0.3, 0.4) is 0 Å². The minimum Gasteiger partial charge on any atom is -0.507 e. The molecule has 0 fully saturated rings. The van der Waals surface area contributed by atoms with Gasteiger partial charge in [-0.25, -0.2) is 0 Å². The summed E-state index contributed by atoms with van der Waals surface area (Å²) in [6.07, 6.45) is 8.07. The first-order valence-corrected chi connectivity index (χ1v) is 7.21. The van der Waals surface area contributed by atoms with Crippen molar-refractivity contribution in [1.29, 1.82) is 0 Å². The fraction of sp³-hybridized carbons (Fsp3) is 0.211. The second-order valence-corrected chi connectivity index (χ2v) is 4.72. The van der Waals surface area contributed by atoms with Crippen LogP contribution in [0.5, 0.6) is 11.5 Å². The van der Waals surface area contributed by atoms with E-state index in [1.165, 1.54) is 25.3 Å². The predicted molar refractivity (Wildman–Crippen MR) is 93.4 cm³/mol. The van der Waals surface area contributed by atoms with Crippen LogP contribution in [-0.4, -0.2) is 38.8 Å². The van der Waals surface area contributed by atoms with Gasteiger partial charge in [0.25, 0.3) is 0 Å². The van der Waals surface area contributed by atoms with E-state index in [1.807, 2.05) is 0 Å². The van der Waals surface area contributed by atoms with Gasteiger partial charge in [0.15, 0.2) is 5.78 Å². The lowest BCUT2D eigenvalue weighted by Crippen LogP contribution is -1.96. The maximum atomic E-state index is 12.2. The number of hydrogen-bond acceptors (Lipinski definition) is 5. The Labute approximate surface area is 142 Å². The molecule has 0 aliphatic heterocycles. The third-order valence-corrected chi connectivity index (χ3v) is 3.14. The van der Waals surface area contributed by atoms with E-state index >= 15 is 0 Å². The van der Waals surface area contributed by atoms with Gasteiger partial charge in [0, 0.05) is 13.2 Å². The van der Waals surface area contributed by atoms with Gasteiger partial charge in [-0.05, 0) is 29.9 Å². The van der Waals surface area contributed by atoms with Crippen molar-refractivity contribution in [1.82, 2.24) is 0 Å². The number of allylic oxidation sites excluding steroid dienone is 6. The van der Waals surface area contributed by atoms with E-state index in [0.717, 1.165) is 0 Å². The Hall–Kier alpha value is -2.79. The molecular formula is C19H22O5. The lowest BCUT2D eigenvalue weighted by Gasteiger charge is -2.04. The van der Waals surface area contributed by atoms with Gasteiger partial charge in [0.05, 0.1) is 19.8 Å². The molecule has 0 aliphatic rings. The minimum absolute atomic E-state index is 0.130. The zero-order valence-electron chi connectivity index (χ0n) is 14.1. The van der Waals surface area contributed by atoms with Crippen LogP contribution in [0.1, 0.15) is 10.4 Å². The zero-order valence-corrected chi connectivity index (χ0v) is 14.1. The lowest BCUT2D eigenvalue weighted by atomic mass is 10.1. The van der Waals surface area contributed by atoms with Crippen molar-refractivity contribution in [3.8, 4) is 11.5 Å². The highest BCUT2D eigenvalue weighted by atomic mass is 16.5. The van der Waals surface area contributed by atoms with Crippen LogP contribution in [0, 0.1) is 0 Å². The first kappa shape index (κ1) is 19.3. The fourth-order valence-corrected chi connectivity index (χ4v) is 1.81. The number of phenols is 1. The van der Waals surface area contributed by atoms with E-state index in [2.05, 4.69) is 6.58 Å². The number of phenolic OH excluding ortho intramolecular Hbond substituents is 1. The molecule has 24 heavy (non-hydrogen) atoms. The maximum absolute atomic E-state index is 12.2. The molecule has 0 unspecified atom stereocenters. The van der Waals surface area contributed by atoms with E-state index in [-0.39, 0.29) is 17.1 Å². The summed E-state index contributed by atoms with van der Waals surface area (Å²) in [4.78, 5) is 12.2. The lowest BCUT2D eigenvalue weighted by molar-refractivity contribution is 0.104. The maximum Gasteiger partial charge on any atom is 0.189 e. The molecule has 0 bridgehead atoms. The van der Waals surface area contributed by atoms with Crippen LogP contribution in [-0.2, 0) is 9.47 Å². The summed E-state index contributed by atoms with van der Waals surface area (Å²) in [7, 11) is 4.62. The quantitative estimate of drug-likeness (QED) is 0.325. The van der Waals surface area contributed by atoms with Crippen LogP contribution < -0.4 is 4.74 Å². The van der Waals surface area contributed by atoms with Crippen molar-refractivity contribution in [3.63, 3.8) is 0 Å². The van der Waals surface area contributed by atoms with Crippen LogP contribution in [0.25, 0.3) is 0 Å². The zero-order chi connectivity index (χ0) is 17.9.